The van der Waals surface area contributed by atoms with Crippen molar-refractivity contribution in [1.29, 1.82) is 0 Å². The van der Waals surface area contributed by atoms with E-state index in [1.807, 2.05) is 24.3 Å². The minimum Gasteiger partial charge on any atom is -0.322 e. The van der Waals surface area contributed by atoms with E-state index < -0.39 is 0 Å². The van der Waals surface area contributed by atoms with Gasteiger partial charge in [0.15, 0.2) is 0 Å². The van der Waals surface area contributed by atoms with E-state index >= 15 is 0 Å². The van der Waals surface area contributed by atoms with Crippen LogP contribution in [0.3, 0.4) is 0 Å². The molecule has 88 valence electrons. The summed E-state index contributed by atoms with van der Waals surface area (Å²) in [5, 5.41) is 0.944. The molecular weight excluding hydrogens is 292 g/mol. The Bertz CT molecular complexity index is 763. The topological polar surface area (TPSA) is 45.8 Å². The van der Waals surface area contributed by atoms with Crippen molar-refractivity contribution in [3.63, 3.8) is 0 Å². The van der Waals surface area contributed by atoms with Crippen molar-refractivity contribution in [3.05, 3.63) is 63.5 Å². The van der Waals surface area contributed by atoms with Crippen LogP contribution in [0.25, 0.3) is 22.2 Å². The second kappa shape index (κ2) is 4.38. The van der Waals surface area contributed by atoms with Gasteiger partial charge in [-0.2, -0.15) is 0 Å². The molecule has 2 aromatic heterocycles. The van der Waals surface area contributed by atoms with Crippen molar-refractivity contribution in [2.45, 2.75) is 0 Å². The van der Waals surface area contributed by atoms with Gasteiger partial charge in [0.05, 0.1) is 11.2 Å². The number of halogens is 1. The largest absolute Gasteiger partial charge is 0.322 e. The molecule has 0 radical (unpaired) electrons. The van der Waals surface area contributed by atoms with Crippen LogP contribution in [0, 0.1) is 0 Å². The summed E-state index contributed by atoms with van der Waals surface area (Å²) in [5.74, 6) is 0. The lowest BCUT2D eigenvalue weighted by Gasteiger charge is -2.05. The van der Waals surface area contributed by atoms with E-state index in [0.29, 0.717) is 0 Å². The van der Waals surface area contributed by atoms with Crippen LogP contribution < -0.4 is 5.56 Å². The number of nitrogens with one attached hydrogen (secondary N) is 1. The van der Waals surface area contributed by atoms with Crippen LogP contribution in [0.15, 0.2) is 57.9 Å². The predicted molar refractivity (Wildman–Crippen MR) is 75.5 cm³/mol. The zero-order chi connectivity index (χ0) is 12.5. The summed E-state index contributed by atoms with van der Waals surface area (Å²) in [6, 6.07) is 13.1. The van der Waals surface area contributed by atoms with E-state index in [4.69, 9.17) is 0 Å². The molecule has 1 aromatic carbocycles. The van der Waals surface area contributed by atoms with Crippen LogP contribution in [0.2, 0.25) is 0 Å². The van der Waals surface area contributed by atoms with Gasteiger partial charge in [0.2, 0.25) is 5.56 Å². The van der Waals surface area contributed by atoms with Gasteiger partial charge in [-0.3, -0.25) is 9.78 Å². The third-order valence-electron chi connectivity index (χ3n) is 2.77. The molecule has 0 aliphatic rings. The number of hydrogen-bond acceptors (Lipinski definition) is 2. The second-order valence-electron chi connectivity index (χ2n) is 3.95. The van der Waals surface area contributed by atoms with Gasteiger partial charge in [0.1, 0.15) is 0 Å². The van der Waals surface area contributed by atoms with Gasteiger partial charge >= 0.3 is 0 Å². The molecule has 3 aromatic rings. The lowest BCUT2D eigenvalue weighted by molar-refractivity contribution is 1.27. The predicted octanol–water partition coefficient (Wildman–Crippen LogP) is 3.35. The Kier molecular flexibility index (Phi) is 2.72. The van der Waals surface area contributed by atoms with Crippen molar-refractivity contribution in [2.24, 2.45) is 0 Å². The summed E-state index contributed by atoms with van der Waals surface area (Å²) in [5.41, 5.74) is 2.60. The maximum atomic E-state index is 11.3. The Morgan fingerprint density at radius 1 is 1.00 bits per heavy atom. The van der Waals surface area contributed by atoms with E-state index in [9.17, 15) is 4.79 Å². The summed E-state index contributed by atoms with van der Waals surface area (Å²) >= 11 is 3.41. The number of pyridine rings is 2. The highest BCUT2D eigenvalue weighted by Crippen LogP contribution is 2.25. The molecule has 4 heteroatoms. The third kappa shape index (κ3) is 1.95. The summed E-state index contributed by atoms with van der Waals surface area (Å²) in [6.45, 7) is 0. The van der Waals surface area contributed by atoms with Crippen molar-refractivity contribution in [3.8, 4) is 11.3 Å². The minimum atomic E-state index is -0.101. The molecule has 0 fully saturated rings. The molecule has 0 saturated heterocycles. The first-order chi connectivity index (χ1) is 8.74. The molecule has 0 spiro atoms. The molecule has 0 aliphatic heterocycles. The Morgan fingerprint density at radius 2 is 1.78 bits per heavy atom. The Balaban J connectivity index is 2.29. The first kappa shape index (κ1) is 11.2. The smallest absolute Gasteiger partial charge is 0.248 e. The van der Waals surface area contributed by atoms with Gasteiger partial charge in [-0.15, -0.1) is 0 Å². The van der Waals surface area contributed by atoms with Crippen LogP contribution in [-0.2, 0) is 0 Å². The first-order valence-electron chi connectivity index (χ1n) is 5.48. The highest BCUT2D eigenvalue weighted by Gasteiger charge is 2.05. The van der Waals surface area contributed by atoms with Crippen molar-refractivity contribution < 1.29 is 0 Å². The van der Waals surface area contributed by atoms with E-state index in [-0.39, 0.29) is 5.56 Å². The van der Waals surface area contributed by atoms with Crippen molar-refractivity contribution in [2.75, 3.05) is 0 Å². The monoisotopic (exact) mass is 300 g/mol. The van der Waals surface area contributed by atoms with E-state index in [0.717, 1.165) is 26.6 Å². The molecule has 1 N–H and O–H groups in total. The SMILES string of the molecule is O=c1ccc2c(-c3ccc(Br)cc3)nccc2[nH]1. The van der Waals surface area contributed by atoms with Crippen LogP contribution >= 0.6 is 15.9 Å². The Morgan fingerprint density at radius 3 is 2.56 bits per heavy atom. The molecule has 0 atom stereocenters. The number of rotatable bonds is 1. The van der Waals surface area contributed by atoms with E-state index in [1.165, 1.54) is 6.07 Å². The summed E-state index contributed by atoms with van der Waals surface area (Å²) < 4.78 is 1.03. The fraction of sp³-hybridized carbons (Fsp3) is 0. The molecule has 2 heterocycles. The minimum absolute atomic E-state index is 0.101. The van der Waals surface area contributed by atoms with Crippen molar-refractivity contribution >= 4 is 26.8 Å². The van der Waals surface area contributed by atoms with Crippen LogP contribution in [-0.4, -0.2) is 9.97 Å². The molecule has 3 nitrogen and oxygen atoms in total. The number of aromatic amines is 1. The molecule has 18 heavy (non-hydrogen) atoms. The quantitative estimate of drug-likeness (QED) is 0.749. The standard InChI is InChI=1S/C14H9BrN2O/c15-10-3-1-9(2-4-10)14-11-5-6-13(18)17-12(11)7-8-16-14/h1-8H,(H,17,18). The number of hydrogen-bond donors (Lipinski definition) is 1. The van der Waals surface area contributed by atoms with Crippen LogP contribution in [0.4, 0.5) is 0 Å². The van der Waals surface area contributed by atoms with Crippen molar-refractivity contribution in [1.82, 2.24) is 9.97 Å². The average Bonchev–Trinajstić information content (AvgIpc) is 2.38. The number of nitrogens with zero attached hydrogens (tertiary/aromatic N) is 1. The lowest BCUT2D eigenvalue weighted by Crippen LogP contribution is -2.03. The maximum absolute atomic E-state index is 11.3. The Labute approximate surface area is 112 Å². The first-order valence-corrected chi connectivity index (χ1v) is 6.27. The zero-order valence-corrected chi connectivity index (χ0v) is 10.9. The maximum Gasteiger partial charge on any atom is 0.248 e. The van der Waals surface area contributed by atoms with Crippen LogP contribution in [0.1, 0.15) is 0 Å². The molecular formula is C14H9BrN2O. The zero-order valence-electron chi connectivity index (χ0n) is 9.35. The van der Waals surface area contributed by atoms with Gasteiger partial charge in [-0.25, -0.2) is 0 Å². The summed E-state index contributed by atoms with van der Waals surface area (Å²) in [6.07, 6.45) is 1.70. The fourth-order valence-electron chi connectivity index (χ4n) is 1.92. The normalized spacial score (nSPS) is 10.7. The molecule has 3 rings (SSSR count). The summed E-state index contributed by atoms with van der Waals surface area (Å²) in [7, 11) is 0. The summed E-state index contributed by atoms with van der Waals surface area (Å²) in [4.78, 5) is 18.5. The number of H-pyrrole nitrogens is 1. The molecule has 0 saturated carbocycles. The average molecular weight is 301 g/mol. The van der Waals surface area contributed by atoms with Gasteiger partial charge in [0.25, 0.3) is 0 Å². The number of aromatic nitrogens is 2. The van der Waals surface area contributed by atoms with Gasteiger partial charge < -0.3 is 4.98 Å². The van der Waals surface area contributed by atoms with Gasteiger partial charge in [-0.05, 0) is 24.3 Å². The molecule has 0 amide bonds. The highest BCUT2D eigenvalue weighted by molar-refractivity contribution is 9.10. The second-order valence-corrected chi connectivity index (χ2v) is 4.87. The van der Waals surface area contributed by atoms with Crippen LogP contribution in [0.5, 0.6) is 0 Å². The number of benzene rings is 1. The van der Waals surface area contributed by atoms with Gasteiger partial charge in [0, 0.05) is 27.7 Å². The van der Waals surface area contributed by atoms with Gasteiger partial charge in [-0.1, -0.05) is 28.1 Å². The Hall–Kier alpha value is -1.94. The molecule has 0 unspecified atom stereocenters. The highest BCUT2D eigenvalue weighted by atomic mass is 79.9. The third-order valence-corrected chi connectivity index (χ3v) is 3.30. The fourth-order valence-corrected chi connectivity index (χ4v) is 2.19. The number of fused-ring (bicyclic) bond motifs is 1. The lowest BCUT2D eigenvalue weighted by atomic mass is 10.1. The van der Waals surface area contributed by atoms with E-state index in [2.05, 4.69) is 25.9 Å². The molecule has 0 bridgehead atoms. The van der Waals surface area contributed by atoms with E-state index in [1.54, 1.807) is 18.3 Å². The molecule has 0 aliphatic carbocycles.